The molecule has 0 aromatic carbocycles. The molecular weight excluding hydrogens is 246 g/mol. The standard InChI is InChI=1S/C14H25NS2/c1-5-7-8-13(15-9-6-2)14-10-16-11(3)12(4)17-14/h11-15H,6,8-10H2,1-4H3. The van der Waals surface area contributed by atoms with E-state index >= 15 is 0 Å². The molecule has 4 unspecified atom stereocenters. The van der Waals surface area contributed by atoms with Crippen LogP contribution in [0.25, 0.3) is 0 Å². The minimum atomic E-state index is 0.565. The van der Waals surface area contributed by atoms with Crippen LogP contribution in [0.4, 0.5) is 0 Å². The van der Waals surface area contributed by atoms with Gasteiger partial charge in [0.2, 0.25) is 0 Å². The van der Waals surface area contributed by atoms with Crippen molar-refractivity contribution in [1.82, 2.24) is 5.32 Å². The van der Waals surface area contributed by atoms with Gasteiger partial charge in [-0.05, 0) is 19.9 Å². The van der Waals surface area contributed by atoms with Crippen LogP contribution in [-0.2, 0) is 0 Å². The predicted octanol–water partition coefficient (Wildman–Crippen LogP) is 3.39. The molecule has 0 aliphatic carbocycles. The molecule has 0 spiro atoms. The molecular formula is C14H25NS2. The maximum absolute atomic E-state index is 3.67. The molecule has 0 amide bonds. The van der Waals surface area contributed by atoms with E-state index in [0.29, 0.717) is 6.04 Å². The summed E-state index contributed by atoms with van der Waals surface area (Å²) in [5, 5.41) is 5.95. The van der Waals surface area contributed by atoms with Gasteiger partial charge in [-0.15, -0.1) is 11.8 Å². The van der Waals surface area contributed by atoms with Crippen molar-refractivity contribution in [1.29, 1.82) is 0 Å². The van der Waals surface area contributed by atoms with E-state index < -0.39 is 0 Å². The zero-order valence-corrected chi connectivity index (χ0v) is 13.1. The first-order valence-electron chi connectivity index (χ1n) is 6.59. The SMILES string of the molecule is CC#CCC(NCCC)C1CSC(C)C(C)S1. The van der Waals surface area contributed by atoms with E-state index in [9.17, 15) is 0 Å². The lowest BCUT2D eigenvalue weighted by molar-refractivity contribution is 0.515. The van der Waals surface area contributed by atoms with Gasteiger partial charge in [0.1, 0.15) is 0 Å². The molecule has 4 atom stereocenters. The fourth-order valence-electron chi connectivity index (χ4n) is 1.90. The largest absolute Gasteiger partial charge is 0.312 e. The maximum atomic E-state index is 3.67. The van der Waals surface area contributed by atoms with E-state index in [1.807, 2.05) is 6.92 Å². The Bertz CT molecular complexity index is 269. The first kappa shape index (κ1) is 15.3. The van der Waals surface area contributed by atoms with E-state index in [1.54, 1.807) is 0 Å². The highest BCUT2D eigenvalue weighted by molar-refractivity contribution is 8.07. The summed E-state index contributed by atoms with van der Waals surface area (Å²) in [6.07, 6.45) is 2.20. The van der Waals surface area contributed by atoms with Gasteiger partial charge in [-0.1, -0.05) is 20.8 Å². The van der Waals surface area contributed by atoms with Crippen molar-refractivity contribution in [3.8, 4) is 11.8 Å². The molecule has 0 aromatic rings. The Hall–Kier alpha value is 0.220. The van der Waals surface area contributed by atoms with Crippen molar-refractivity contribution in [3.63, 3.8) is 0 Å². The average Bonchev–Trinajstić information content (AvgIpc) is 2.33. The summed E-state index contributed by atoms with van der Waals surface area (Å²) in [6, 6.07) is 0.565. The van der Waals surface area contributed by atoms with Crippen LogP contribution in [0.3, 0.4) is 0 Å². The summed E-state index contributed by atoms with van der Waals surface area (Å²) >= 11 is 4.27. The maximum Gasteiger partial charge on any atom is 0.0304 e. The highest BCUT2D eigenvalue weighted by Gasteiger charge is 2.30. The second-order valence-corrected chi connectivity index (χ2v) is 7.64. The quantitative estimate of drug-likeness (QED) is 0.770. The minimum absolute atomic E-state index is 0.565. The third-order valence-corrected chi connectivity index (χ3v) is 6.73. The molecule has 1 nitrogen and oxygen atoms in total. The van der Waals surface area contributed by atoms with Crippen LogP contribution in [0.2, 0.25) is 0 Å². The number of thioether (sulfide) groups is 2. The van der Waals surface area contributed by atoms with Crippen molar-refractivity contribution < 1.29 is 0 Å². The molecule has 3 heteroatoms. The number of hydrogen-bond acceptors (Lipinski definition) is 3. The Morgan fingerprint density at radius 3 is 2.71 bits per heavy atom. The summed E-state index contributed by atoms with van der Waals surface area (Å²) < 4.78 is 0. The second-order valence-electron chi connectivity index (χ2n) is 4.61. The van der Waals surface area contributed by atoms with Crippen LogP contribution < -0.4 is 5.32 Å². The molecule has 0 radical (unpaired) electrons. The van der Waals surface area contributed by atoms with Crippen LogP contribution in [0.1, 0.15) is 40.5 Å². The van der Waals surface area contributed by atoms with E-state index in [1.165, 1.54) is 12.2 Å². The molecule has 1 fully saturated rings. The van der Waals surface area contributed by atoms with E-state index in [2.05, 4.69) is 61.5 Å². The molecule has 98 valence electrons. The van der Waals surface area contributed by atoms with Gasteiger partial charge in [0.25, 0.3) is 0 Å². The number of rotatable bonds is 5. The highest BCUT2D eigenvalue weighted by atomic mass is 32.2. The van der Waals surface area contributed by atoms with Crippen molar-refractivity contribution in [3.05, 3.63) is 0 Å². The zero-order valence-electron chi connectivity index (χ0n) is 11.5. The lowest BCUT2D eigenvalue weighted by Gasteiger charge is -2.35. The molecule has 1 saturated heterocycles. The molecule has 1 heterocycles. The fourth-order valence-corrected chi connectivity index (χ4v) is 5.03. The molecule has 1 N–H and O–H groups in total. The van der Waals surface area contributed by atoms with Crippen LogP contribution >= 0.6 is 23.5 Å². The van der Waals surface area contributed by atoms with Gasteiger partial charge in [0.05, 0.1) is 0 Å². The highest BCUT2D eigenvalue weighted by Crippen LogP contribution is 2.37. The van der Waals surface area contributed by atoms with Gasteiger partial charge in [0, 0.05) is 34.0 Å². The second kappa shape index (κ2) is 8.34. The van der Waals surface area contributed by atoms with Crippen molar-refractivity contribution in [2.45, 2.75) is 62.3 Å². The molecule has 1 aliphatic heterocycles. The van der Waals surface area contributed by atoms with Crippen LogP contribution in [0, 0.1) is 11.8 Å². The smallest absolute Gasteiger partial charge is 0.0304 e. The van der Waals surface area contributed by atoms with Crippen LogP contribution in [0.15, 0.2) is 0 Å². The van der Waals surface area contributed by atoms with Gasteiger partial charge >= 0.3 is 0 Å². The van der Waals surface area contributed by atoms with Gasteiger partial charge in [-0.25, -0.2) is 0 Å². The predicted molar refractivity (Wildman–Crippen MR) is 82.9 cm³/mol. The summed E-state index contributed by atoms with van der Waals surface area (Å²) in [5.74, 6) is 7.54. The summed E-state index contributed by atoms with van der Waals surface area (Å²) in [5.41, 5.74) is 0. The third-order valence-electron chi connectivity index (χ3n) is 3.18. The first-order chi connectivity index (χ1) is 8.19. The molecule has 0 bridgehead atoms. The molecule has 1 aliphatic rings. The van der Waals surface area contributed by atoms with Crippen molar-refractivity contribution in [2.24, 2.45) is 0 Å². The third kappa shape index (κ3) is 5.16. The molecule has 0 saturated carbocycles. The fraction of sp³-hybridized carbons (Fsp3) is 0.857. The van der Waals surface area contributed by atoms with Crippen LogP contribution in [0.5, 0.6) is 0 Å². The molecule has 1 rings (SSSR count). The van der Waals surface area contributed by atoms with Gasteiger partial charge in [-0.3, -0.25) is 0 Å². The average molecular weight is 271 g/mol. The number of hydrogen-bond donors (Lipinski definition) is 1. The lowest BCUT2D eigenvalue weighted by atomic mass is 10.1. The first-order valence-corrected chi connectivity index (χ1v) is 8.58. The van der Waals surface area contributed by atoms with Crippen molar-refractivity contribution in [2.75, 3.05) is 12.3 Å². The Labute approximate surface area is 115 Å². The van der Waals surface area contributed by atoms with Crippen molar-refractivity contribution >= 4 is 23.5 Å². The van der Waals surface area contributed by atoms with Gasteiger partial charge < -0.3 is 5.32 Å². The van der Waals surface area contributed by atoms with Gasteiger partial charge in [-0.2, -0.15) is 23.5 Å². The van der Waals surface area contributed by atoms with E-state index in [-0.39, 0.29) is 0 Å². The summed E-state index contributed by atoms with van der Waals surface area (Å²) in [6.45, 7) is 9.98. The Balaban J connectivity index is 2.51. The summed E-state index contributed by atoms with van der Waals surface area (Å²) in [7, 11) is 0. The van der Waals surface area contributed by atoms with E-state index in [4.69, 9.17) is 0 Å². The number of nitrogens with one attached hydrogen (secondary N) is 1. The Morgan fingerprint density at radius 2 is 2.12 bits per heavy atom. The Kier molecular flexibility index (Phi) is 7.50. The zero-order chi connectivity index (χ0) is 12.7. The molecule has 0 aromatic heterocycles. The monoisotopic (exact) mass is 271 g/mol. The Morgan fingerprint density at radius 1 is 1.35 bits per heavy atom. The van der Waals surface area contributed by atoms with Crippen LogP contribution in [-0.4, -0.2) is 34.1 Å². The summed E-state index contributed by atoms with van der Waals surface area (Å²) in [4.78, 5) is 0. The van der Waals surface area contributed by atoms with Gasteiger partial charge in [0.15, 0.2) is 0 Å². The normalized spacial score (nSPS) is 30.5. The minimum Gasteiger partial charge on any atom is -0.312 e. The molecule has 17 heavy (non-hydrogen) atoms. The lowest BCUT2D eigenvalue weighted by Crippen LogP contribution is -2.43. The topological polar surface area (TPSA) is 12.0 Å². The van der Waals surface area contributed by atoms with E-state index in [0.717, 1.165) is 28.7 Å².